The van der Waals surface area contributed by atoms with Gasteiger partial charge in [0.15, 0.2) is 6.61 Å². The van der Waals surface area contributed by atoms with Crippen molar-refractivity contribution in [2.45, 2.75) is 13.8 Å². The standard InChI is InChI=1S/C12H18N2O5/c1-8(12(16)17-4)6-14(3)11(15)7-18-10-5-9(2)19-13-10/h5,8H,6-7H2,1-4H3. The number of aryl methyl sites for hydroxylation is 1. The van der Waals surface area contributed by atoms with Crippen molar-refractivity contribution in [3.63, 3.8) is 0 Å². The number of ether oxygens (including phenoxy) is 2. The van der Waals surface area contributed by atoms with Crippen molar-refractivity contribution >= 4 is 11.9 Å². The molecule has 1 amide bonds. The zero-order valence-corrected chi connectivity index (χ0v) is 11.5. The molecule has 1 unspecified atom stereocenters. The van der Waals surface area contributed by atoms with Gasteiger partial charge in [-0.3, -0.25) is 9.59 Å². The van der Waals surface area contributed by atoms with Gasteiger partial charge in [-0.15, -0.1) is 0 Å². The lowest BCUT2D eigenvalue weighted by Crippen LogP contribution is -2.37. The molecular formula is C12H18N2O5. The van der Waals surface area contributed by atoms with Crippen LogP contribution in [0.3, 0.4) is 0 Å². The van der Waals surface area contributed by atoms with Gasteiger partial charge < -0.3 is 18.9 Å². The van der Waals surface area contributed by atoms with Crippen LogP contribution in [0.15, 0.2) is 10.6 Å². The highest BCUT2D eigenvalue weighted by atomic mass is 16.5. The van der Waals surface area contributed by atoms with Crippen molar-refractivity contribution in [2.24, 2.45) is 5.92 Å². The maximum absolute atomic E-state index is 11.8. The number of hydrogen-bond acceptors (Lipinski definition) is 6. The monoisotopic (exact) mass is 270 g/mol. The number of nitrogens with zero attached hydrogens (tertiary/aromatic N) is 2. The zero-order valence-electron chi connectivity index (χ0n) is 11.5. The van der Waals surface area contributed by atoms with E-state index in [1.165, 1.54) is 12.0 Å². The summed E-state index contributed by atoms with van der Waals surface area (Å²) >= 11 is 0. The van der Waals surface area contributed by atoms with Gasteiger partial charge in [0.1, 0.15) is 5.76 Å². The van der Waals surface area contributed by atoms with E-state index < -0.39 is 0 Å². The minimum absolute atomic E-state index is 0.156. The average molecular weight is 270 g/mol. The molecule has 7 heteroatoms. The SMILES string of the molecule is COC(=O)C(C)CN(C)C(=O)COc1cc(C)on1. The first-order valence-electron chi connectivity index (χ1n) is 5.82. The van der Waals surface area contributed by atoms with Crippen molar-refractivity contribution < 1.29 is 23.6 Å². The number of rotatable bonds is 6. The van der Waals surface area contributed by atoms with Gasteiger partial charge >= 0.3 is 5.97 Å². The van der Waals surface area contributed by atoms with Crippen LogP contribution in [0.5, 0.6) is 5.88 Å². The molecule has 0 saturated carbocycles. The van der Waals surface area contributed by atoms with E-state index in [2.05, 4.69) is 9.89 Å². The fourth-order valence-corrected chi connectivity index (χ4v) is 1.45. The molecule has 7 nitrogen and oxygen atoms in total. The fraction of sp³-hybridized carbons (Fsp3) is 0.583. The van der Waals surface area contributed by atoms with Gasteiger partial charge in [0.2, 0.25) is 0 Å². The molecule has 1 heterocycles. The number of methoxy groups -OCH3 is 1. The van der Waals surface area contributed by atoms with E-state index >= 15 is 0 Å². The molecule has 106 valence electrons. The van der Waals surface area contributed by atoms with E-state index in [1.807, 2.05) is 0 Å². The van der Waals surface area contributed by atoms with Gasteiger partial charge in [-0.05, 0) is 12.1 Å². The number of carbonyl (C=O) groups excluding carboxylic acids is 2. The maximum atomic E-state index is 11.8. The van der Waals surface area contributed by atoms with Gasteiger partial charge in [0.25, 0.3) is 11.8 Å². The van der Waals surface area contributed by atoms with Crippen LogP contribution in [-0.2, 0) is 14.3 Å². The van der Waals surface area contributed by atoms with E-state index in [9.17, 15) is 9.59 Å². The van der Waals surface area contributed by atoms with Gasteiger partial charge in [0, 0.05) is 19.7 Å². The summed E-state index contributed by atoms with van der Waals surface area (Å²) in [5.74, 6) is -0.118. The third kappa shape index (κ3) is 4.61. The normalized spacial score (nSPS) is 11.8. The Balaban J connectivity index is 2.38. The van der Waals surface area contributed by atoms with E-state index in [0.717, 1.165) is 0 Å². The Kier molecular flexibility index (Phi) is 5.35. The Morgan fingerprint density at radius 3 is 2.74 bits per heavy atom. The summed E-state index contributed by atoms with van der Waals surface area (Å²) in [6.45, 7) is 3.53. The van der Waals surface area contributed by atoms with Crippen LogP contribution in [0, 0.1) is 12.8 Å². The smallest absolute Gasteiger partial charge is 0.310 e. The molecular weight excluding hydrogens is 252 g/mol. The molecule has 1 aromatic rings. The highest BCUT2D eigenvalue weighted by Crippen LogP contribution is 2.10. The predicted octanol–water partition coefficient (Wildman–Crippen LogP) is 0.629. The second kappa shape index (κ2) is 6.77. The molecule has 19 heavy (non-hydrogen) atoms. The maximum Gasteiger partial charge on any atom is 0.310 e. The van der Waals surface area contributed by atoms with Crippen molar-refractivity contribution in [1.29, 1.82) is 0 Å². The Labute approximate surface area is 111 Å². The van der Waals surface area contributed by atoms with E-state index in [0.29, 0.717) is 5.76 Å². The summed E-state index contributed by atoms with van der Waals surface area (Å²) in [4.78, 5) is 24.4. The van der Waals surface area contributed by atoms with Gasteiger partial charge in [-0.1, -0.05) is 6.92 Å². The van der Waals surface area contributed by atoms with Crippen LogP contribution >= 0.6 is 0 Å². The molecule has 0 aliphatic rings. The molecule has 0 spiro atoms. The zero-order chi connectivity index (χ0) is 14.4. The number of amides is 1. The summed E-state index contributed by atoms with van der Waals surface area (Å²) in [5.41, 5.74) is 0. The topological polar surface area (TPSA) is 81.9 Å². The summed E-state index contributed by atoms with van der Waals surface area (Å²) in [7, 11) is 2.91. The molecule has 0 saturated heterocycles. The van der Waals surface area contributed by atoms with Crippen molar-refractivity contribution in [3.8, 4) is 5.88 Å². The largest absolute Gasteiger partial charge is 0.469 e. The van der Waals surface area contributed by atoms with Gasteiger partial charge in [-0.2, -0.15) is 0 Å². The molecule has 0 fully saturated rings. The molecule has 1 atom stereocenters. The number of hydrogen-bond donors (Lipinski definition) is 0. The fourth-order valence-electron chi connectivity index (χ4n) is 1.45. The summed E-state index contributed by atoms with van der Waals surface area (Å²) < 4.78 is 14.6. The van der Waals surface area contributed by atoms with Crippen LogP contribution in [0.25, 0.3) is 0 Å². The first-order chi connectivity index (χ1) is 8.93. The Morgan fingerprint density at radius 2 is 2.21 bits per heavy atom. The third-order valence-corrected chi connectivity index (χ3v) is 2.53. The second-order valence-electron chi connectivity index (χ2n) is 4.26. The van der Waals surface area contributed by atoms with E-state index in [1.54, 1.807) is 27.0 Å². The molecule has 0 aromatic carbocycles. The quantitative estimate of drug-likeness (QED) is 0.705. The first kappa shape index (κ1) is 15.0. The first-order valence-corrected chi connectivity index (χ1v) is 5.82. The lowest BCUT2D eigenvalue weighted by Gasteiger charge is -2.19. The highest BCUT2D eigenvalue weighted by Gasteiger charge is 2.19. The van der Waals surface area contributed by atoms with Crippen LogP contribution in [0.1, 0.15) is 12.7 Å². The van der Waals surface area contributed by atoms with Crippen molar-refractivity contribution in [3.05, 3.63) is 11.8 Å². The van der Waals surface area contributed by atoms with E-state index in [-0.39, 0.29) is 36.8 Å². The summed E-state index contributed by atoms with van der Waals surface area (Å²) in [5, 5.41) is 3.61. The van der Waals surface area contributed by atoms with Crippen molar-refractivity contribution in [2.75, 3.05) is 27.3 Å². The summed E-state index contributed by atoms with van der Waals surface area (Å²) in [6, 6.07) is 1.59. The van der Waals surface area contributed by atoms with Gasteiger partial charge in [0.05, 0.1) is 13.0 Å². The Hall–Kier alpha value is -2.05. The molecule has 1 rings (SSSR count). The highest BCUT2D eigenvalue weighted by molar-refractivity contribution is 5.78. The molecule has 1 aromatic heterocycles. The third-order valence-electron chi connectivity index (χ3n) is 2.53. The number of esters is 1. The molecule has 0 aliphatic heterocycles. The Bertz CT molecular complexity index is 443. The minimum Gasteiger partial charge on any atom is -0.469 e. The second-order valence-corrected chi connectivity index (χ2v) is 4.26. The lowest BCUT2D eigenvalue weighted by molar-refractivity contribution is -0.146. The predicted molar refractivity (Wildman–Crippen MR) is 65.6 cm³/mol. The van der Waals surface area contributed by atoms with Crippen LogP contribution in [0.2, 0.25) is 0 Å². The van der Waals surface area contributed by atoms with Gasteiger partial charge in [-0.25, -0.2) is 0 Å². The van der Waals surface area contributed by atoms with Crippen LogP contribution < -0.4 is 4.74 Å². The average Bonchev–Trinajstić information content (AvgIpc) is 2.80. The van der Waals surface area contributed by atoms with Crippen LogP contribution in [0.4, 0.5) is 0 Å². The number of likely N-dealkylation sites (N-methyl/N-ethyl adjacent to an activating group) is 1. The minimum atomic E-state index is -0.381. The van der Waals surface area contributed by atoms with Crippen molar-refractivity contribution in [1.82, 2.24) is 10.1 Å². The summed E-state index contributed by atoms with van der Waals surface area (Å²) in [6.07, 6.45) is 0. The molecule has 0 bridgehead atoms. The number of carbonyl (C=O) groups is 2. The number of aromatic nitrogens is 1. The van der Waals surface area contributed by atoms with E-state index in [4.69, 9.17) is 9.26 Å². The molecule has 0 aliphatic carbocycles. The molecule has 0 N–H and O–H groups in total. The Morgan fingerprint density at radius 1 is 1.53 bits per heavy atom. The molecule has 0 radical (unpaired) electrons. The lowest BCUT2D eigenvalue weighted by atomic mass is 10.2. The van der Waals surface area contributed by atoms with Crippen LogP contribution in [-0.4, -0.2) is 49.2 Å².